The number of carbonyl (C=O) groups excluding carboxylic acids is 1. The van der Waals surface area contributed by atoms with Crippen LogP contribution in [0.1, 0.15) is 38.0 Å². The van der Waals surface area contributed by atoms with E-state index in [-0.39, 0.29) is 12.5 Å². The van der Waals surface area contributed by atoms with Crippen LogP contribution in [-0.2, 0) is 20.7 Å². The normalized spacial score (nSPS) is 19.1. The summed E-state index contributed by atoms with van der Waals surface area (Å²) in [5.74, 6) is -1.10. The maximum Gasteiger partial charge on any atom is 0.408 e. The molecular formula is C18H26N2O5. The molecule has 1 aromatic carbocycles. The summed E-state index contributed by atoms with van der Waals surface area (Å²) in [6.07, 6.45) is -0.547. The molecule has 25 heavy (non-hydrogen) atoms. The highest BCUT2D eigenvalue weighted by Crippen LogP contribution is 2.19. The van der Waals surface area contributed by atoms with Crippen molar-refractivity contribution >= 4 is 12.1 Å². The molecule has 7 nitrogen and oxygen atoms in total. The summed E-state index contributed by atoms with van der Waals surface area (Å²) in [5, 5.41) is 15.0. The first-order chi connectivity index (χ1) is 11.7. The molecule has 138 valence electrons. The Labute approximate surface area is 147 Å². The second kappa shape index (κ2) is 8.31. The molecule has 0 radical (unpaired) electrons. The summed E-state index contributed by atoms with van der Waals surface area (Å²) in [6, 6.07) is 6.53. The zero-order chi connectivity index (χ0) is 18.4. The van der Waals surface area contributed by atoms with Crippen molar-refractivity contribution in [3.63, 3.8) is 0 Å². The van der Waals surface area contributed by atoms with Gasteiger partial charge in [-0.2, -0.15) is 0 Å². The number of carboxylic acids is 1. The highest BCUT2D eigenvalue weighted by molar-refractivity contribution is 5.80. The van der Waals surface area contributed by atoms with Gasteiger partial charge in [-0.25, -0.2) is 9.59 Å². The van der Waals surface area contributed by atoms with Crippen LogP contribution in [0.5, 0.6) is 0 Å². The number of morpholine rings is 1. The maximum atomic E-state index is 11.8. The fourth-order valence-corrected chi connectivity index (χ4v) is 2.53. The third-order valence-electron chi connectivity index (χ3n) is 3.71. The number of carbonyl (C=O) groups is 2. The standard InChI is InChI=1S/C18H26N2O5/c1-18(2,3)25-17(23)20-14(16(21)22)10-12-4-6-13(7-5-12)15-11-19-8-9-24-15/h4-7,14-15,19H,8-11H2,1-3H3,(H,20,23)(H,21,22). The van der Waals surface area contributed by atoms with Gasteiger partial charge in [-0.15, -0.1) is 0 Å². The lowest BCUT2D eigenvalue weighted by Gasteiger charge is -2.24. The second-order valence-electron chi connectivity index (χ2n) is 7.05. The lowest BCUT2D eigenvalue weighted by Crippen LogP contribution is -2.44. The summed E-state index contributed by atoms with van der Waals surface area (Å²) >= 11 is 0. The predicted molar refractivity (Wildman–Crippen MR) is 92.5 cm³/mol. The minimum Gasteiger partial charge on any atom is -0.480 e. The van der Waals surface area contributed by atoms with E-state index in [0.717, 1.165) is 24.2 Å². The highest BCUT2D eigenvalue weighted by Gasteiger charge is 2.24. The van der Waals surface area contributed by atoms with Crippen LogP contribution in [0.2, 0.25) is 0 Å². The largest absolute Gasteiger partial charge is 0.480 e. The molecule has 0 aliphatic carbocycles. The van der Waals surface area contributed by atoms with E-state index >= 15 is 0 Å². The molecular weight excluding hydrogens is 324 g/mol. The molecule has 1 amide bonds. The predicted octanol–water partition coefficient (Wildman–Crippen LogP) is 1.87. The van der Waals surface area contributed by atoms with Gasteiger partial charge in [0.2, 0.25) is 0 Å². The Hall–Kier alpha value is -2.12. The Morgan fingerprint density at radius 2 is 2.04 bits per heavy atom. The number of rotatable bonds is 5. The highest BCUT2D eigenvalue weighted by atomic mass is 16.6. The summed E-state index contributed by atoms with van der Waals surface area (Å²) in [5.41, 5.74) is 1.18. The molecule has 0 aromatic heterocycles. The Bertz CT molecular complexity index is 588. The summed E-state index contributed by atoms with van der Waals surface area (Å²) < 4.78 is 10.8. The number of ether oxygens (including phenoxy) is 2. The van der Waals surface area contributed by atoms with E-state index < -0.39 is 23.7 Å². The number of benzene rings is 1. The first-order valence-electron chi connectivity index (χ1n) is 8.38. The average molecular weight is 350 g/mol. The number of alkyl carbamates (subject to hydrolysis) is 1. The van der Waals surface area contributed by atoms with Crippen LogP contribution >= 0.6 is 0 Å². The summed E-state index contributed by atoms with van der Waals surface area (Å²) in [4.78, 5) is 23.2. The van der Waals surface area contributed by atoms with Crippen LogP contribution in [-0.4, -0.2) is 48.5 Å². The van der Waals surface area contributed by atoms with Crippen LogP contribution in [0.3, 0.4) is 0 Å². The van der Waals surface area contributed by atoms with Crippen molar-refractivity contribution in [3.05, 3.63) is 35.4 Å². The molecule has 0 spiro atoms. The topological polar surface area (TPSA) is 96.9 Å². The quantitative estimate of drug-likeness (QED) is 0.750. The Kier molecular flexibility index (Phi) is 6.39. The van der Waals surface area contributed by atoms with Crippen molar-refractivity contribution in [2.75, 3.05) is 19.7 Å². The van der Waals surface area contributed by atoms with Crippen molar-refractivity contribution in [1.82, 2.24) is 10.6 Å². The van der Waals surface area contributed by atoms with Crippen LogP contribution in [0, 0.1) is 0 Å². The first kappa shape index (κ1) is 19.2. The zero-order valence-electron chi connectivity index (χ0n) is 14.9. The Morgan fingerprint density at radius 3 is 2.56 bits per heavy atom. The summed E-state index contributed by atoms with van der Waals surface area (Å²) in [7, 11) is 0. The second-order valence-corrected chi connectivity index (χ2v) is 7.05. The molecule has 1 aliphatic heterocycles. The van der Waals surface area contributed by atoms with Gasteiger partial charge in [0.15, 0.2) is 0 Å². The van der Waals surface area contributed by atoms with Gasteiger partial charge in [-0.1, -0.05) is 24.3 Å². The molecule has 2 atom stereocenters. The molecule has 2 rings (SSSR count). The lowest BCUT2D eigenvalue weighted by molar-refractivity contribution is -0.139. The van der Waals surface area contributed by atoms with Crippen molar-refractivity contribution < 1.29 is 24.2 Å². The van der Waals surface area contributed by atoms with E-state index in [4.69, 9.17) is 9.47 Å². The van der Waals surface area contributed by atoms with Gasteiger partial charge in [0.1, 0.15) is 11.6 Å². The van der Waals surface area contributed by atoms with E-state index in [0.29, 0.717) is 6.61 Å². The zero-order valence-corrected chi connectivity index (χ0v) is 14.9. The third kappa shape index (κ3) is 6.36. The molecule has 7 heteroatoms. The average Bonchev–Trinajstić information content (AvgIpc) is 2.54. The smallest absolute Gasteiger partial charge is 0.408 e. The molecule has 1 aliphatic rings. The van der Waals surface area contributed by atoms with Crippen LogP contribution in [0.15, 0.2) is 24.3 Å². The number of aliphatic carboxylic acids is 1. The number of carboxylic acid groups (broad SMARTS) is 1. The number of nitrogens with one attached hydrogen (secondary N) is 2. The fraction of sp³-hybridized carbons (Fsp3) is 0.556. The Balaban J connectivity index is 1.97. The first-order valence-corrected chi connectivity index (χ1v) is 8.38. The molecule has 3 N–H and O–H groups in total. The lowest BCUT2D eigenvalue weighted by atomic mass is 10.0. The molecule has 1 heterocycles. The molecule has 1 aromatic rings. The van der Waals surface area contributed by atoms with E-state index in [1.54, 1.807) is 20.8 Å². The maximum absolute atomic E-state index is 11.8. The van der Waals surface area contributed by atoms with Crippen molar-refractivity contribution in [3.8, 4) is 0 Å². The van der Waals surface area contributed by atoms with Gasteiger partial charge in [0.05, 0.1) is 12.7 Å². The molecule has 0 saturated carbocycles. The van der Waals surface area contributed by atoms with Gasteiger partial charge in [0.25, 0.3) is 0 Å². The number of amides is 1. The fourth-order valence-electron chi connectivity index (χ4n) is 2.53. The van der Waals surface area contributed by atoms with Crippen molar-refractivity contribution in [1.29, 1.82) is 0 Å². The molecule has 0 bridgehead atoms. The number of hydrogen-bond donors (Lipinski definition) is 3. The van der Waals surface area contributed by atoms with E-state index in [9.17, 15) is 14.7 Å². The third-order valence-corrected chi connectivity index (χ3v) is 3.71. The minimum absolute atomic E-state index is 0.0120. The monoisotopic (exact) mass is 350 g/mol. The summed E-state index contributed by atoms with van der Waals surface area (Å²) in [6.45, 7) is 7.46. The van der Waals surface area contributed by atoms with Gasteiger partial charge >= 0.3 is 12.1 Å². The van der Waals surface area contributed by atoms with Gasteiger partial charge < -0.3 is 25.2 Å². The van der Waals surface area contributed by atoms with Crippen molar-refractivity contribution in [2.24, 2.45) is 0 Å². The van der Waals surface area contributed by atoms with E-state index in [1.165, 1.54) is 0 Å². The molecule has 2 unspecified atom stereocenters. The van der Waals surface area contributed by atoms with Crippen LogP contribution in [0.25, 0.3) is 0 Å². The van der Waals surface area contributed by atoms with Gasteiger partial charge in [0, 0.05) is 19.5 Å². The minimum atomic E-state index is -1.10. The molecule has 1 fully saturated rings. The van der Waals surface area contributed by atoms with Crippen LogP contribution in [0.4, 0.5) is 4.79 Å². The SMILES string of the molecule is CC(C)(C)OC(=O)NC(Cc1ccc(C2CNCCO2)cc1)C(=O)O. The van der Waals surface area contributed by atoms with E-state index in [2.05, 4.69) is 10.6 Å². The Morgan fingerprint density at radius 1 is 1.36 bits per heavy atom. The van der Waals surface area contributed by atoms with E-state index in [1.807, 2.05) is 24.3 Å². The van der Waals surface area contributed by atoms with Gasteiger partial charge in [-0.3, -0.25) is 0 Å². The van der Waals surface area contributed by atoms with Crippen LogP contribution < -0.4 is 10.6 Å². The van der Waals surface area contributed by atoms with Crippen molar-refractivity contribution in [2.45, 2.75) is 44.9 Å². The number of hydrogen-bond acceptors (Lipinski definition) is 5. The van der Waals surface area contributed by atoms with Gasteiger partial charge in [-0.05, 0) is 31.9 Å². The molecule has 1 saturated heterocycles.